The minimum Gasteiger partial charge on any atom is -0.460 e. The quantitative estimate of drug-likeness (QED) is 0.518. The zero-order valence-corrected chi connectivity index (χ0v) is 9.88. The number of nitrogens with one attached hydrogen (secondary N) is 1. The Morgan fingerprint density at radius 2 is 2.18 bits per heavy atom. The molecule has 0 fully saturated rings. The molecule has 2 aromatic rings. The lowest BCUT2D eigenvalue weighted by atomic mass is 10.1. The average Bonchev–Trinajstić information content (AvgIpc) is 2.77. The number of rotatable bonds is 3. The molecule has 0 amide bonds. The van der Waals surface area contributed by atoms with E-state index in [-0.39, 0.29) is 12.2 Å². The van der Waals surface area contributed by atoms with Crippen LogP contribution in [0.25, 0.3) is 10.9 Å². The molecule has 1 N–H and O–H groups in total. The third kappa shape index (κ3) is 2.17. The van der Waals surface area contributed by atoms with E-state index in [4.69, 9.17) is 11.6 Å². The summed E-state index contributed by atoms with van der Waals surface area (Å²) in [5, 5.41) is 1.24. The molecule has 0 bridgehead atoms. The van der Waals surface area contributed by atoms with Crippen molar-refractivity contribution >= 4 is 34.3 Å². The summed E-state index contributed by atoms with van der Waals surface area (Å²) < 4.78 is 4.65. The maximum absolute atomic E-state index is 11.7. The van der Waals surface area contributed by atoms with Gasteiger partial charge in [0.15, 0.2) is 0 Å². The fraction of sp³-hybridized carbons (Fsp3) is 0.167. The number of ketones is 1. The van der Waals surface area contributed by atoms with Gasteiger partial charge in [-0.2, -0.15) is 0 Å². The van der Waals surface area contributed by atoms with Crippen molar-refractivity contribution in [2.24, 2.45) is 0 Å². The van der Waals surface area contributed by atoms with Crippen molar-refractivity contribution in [1.82, 2.24) is 4.98 Å². The molecule has 2 rings (SSSR count). The van der Waals surface area contributed by atoms with E-state index >= 15 is 0 Å². The number of aromatic nitrogens is 1. The highest BCUT2D eigenvalue weighted by Crippen LogP contribution is 2.24. The Labute approximate surface area is 103 Å². The topological polar surface area (TPSA) is 59.2 Å². The molecule has 0 unspecified atom stereocenters. The van der Waals surface area contributed by atoms with Crippen molar-refractivity contribution in [2.75, 3.05) is 6.61 Å². The van der Waals surface area contributed by atoms with Crippen LogP contribution in [0.4, 0.5) is 0 Å². The third-order valence-electron chi connectivity index (χ3n) is 2.34. The smallest absolute Gasteiger partial charge is 0.379 e. The first-order chi connectivity index (χ1) is 8.13. The lowest BCUT2D eigenvalue weighted by Crippen LogP contribution is -2.17. The Bertz CT molecular complexity index is 588. The molecule has 0 saturated carbocycles. The van der Waals surface area contributed by atoms with Crippen molar-refractivity contribution in [1.29, 1.82) is 0 Å². The maximum atomic E-state index is 11.7. The van der Waals surface area contributed by atoms with Crippen molar-refractivity contribution < 1.29 is 14.3 Å². The summed E-state index contributed by atoms with van der Waals surface area (Å²) in [6.45, 7) is 1.81. The molecule has 1 aromatic carbocycles. The van der Waals surface area contributed by atoms with Gasteiger partial charge in [-0.05, 0) is 25.1 Å². The van der Waals surface area contributed by atoms with Crippen LogP contribution < -0.4 is 0 Å². The van der Waals surface area contributed by atoms with E-state index in [2.05, 4.69) is 9.72 Å². The molecule has 0 saturated heterocycles. The van der Waals surface area contributed by atoms with Crippen LogP contribution >= 0.6 is 11.6 Å². The summed E-state index contributed by atoms with van der Waals surface area (Å²) >= 11 is 6.01. The number of esters is 1. The Morgan fingerprint density at radius 1 is 1.41 bits per heavy atom. The summed E-state index contributed by atoms with van der Waals surface area (Å²) in [5.74, 6) is -1.56. The predicted octanol–water partition coefficient (Wildman–Crippen LogP) is 2.57. The third-order valence-corrected chi connectivity index (χ3v) is 2.65. The highest BCUT2D eigenvalue weighted by molar-refractivity contribution is 6.42. The van der Waals surface area contributed by atoms with E-state index in [1.165, 1.54) is 6.07 Å². The minimum absolute atomic E-state index is 0.170. The van der Waals surface area contributed by atoms with E-state index in [9.17, 15) is 9.59 Å². The standard InChI is InChI=1S/C12H10ClNO3/c1-2-17-12(16)11(15)7-5-9(13)8-3-4-14-10(8)6-7/h3-6,14H,2H2,1H3. The van der Waals surface area contributed by atoms with Crippen LogP contribution in [-0.4, -0.2) is 23.3 Å². The number of benzene rings is 1. The van der Waals surface area contributed by atoms with Crippen molar-refractivity contribution in [3.63, 3.8) is 0 Å². The van der Waals surface area contributed by atoms with Crippen LogP contribution in [0.2, 0.25) is 5.02 Å². The first-order valence-corrected chi connectivity index (χ1v) is 5.49. The molecule has 0 aliphatic rings. The van der Waals surface area contributed by atoms with Gasteiger partial charge in [0.25, 0.3) is 5.78 Å². The molecule has 1 heterocycles. The van der Waals surface area contributed by atoms with Crippen molar-refractivity contribution in [2.45, 2.75) is 6.92 Å². The van der Waals surface area contributed by atoms with Crippen molar-refractivity contribution in [3.8, 4) is 0 Å². The second-order valence-corrected chi connectivity index (χ2v) is 3.85. The second-order valence-electron chi connectivity index (χ2n) is 3.45. The largest absolute Gasteiger partial charge is 0.460 e. The van der Waals surface area contributed by atoms with E-state index in [1.807, 2.05) is 0 Å². The molecular weight excluding hydrogens is 242 g/mol. The molecule has 0 spiro atoms. The summed E-state index contributed by atoms with van der Waals surface area (Å²) in [7, 11) is 0. The van der Waals surface area contributed by atoms with Crippen LogP contribution in [0.5, 0.6) is 0 Å². The molecule has 0 radical (unpaired) electrons. The number of hydrogen-bond donors (Lipinski definition) is 1. The van der Waals surface area contributed by atoms with Gasteiger partial charge >= 0.3 is 5.97 Å². The first kappa shape index (κ1) is 11.7. The highest BCUT2D eigenvalue weighted by Gasteiger charge is 2.19. The van der Waals surface area contributed by atoms with Gasteiger partial charge in [-0.25, -0.2) is 4.79 Å². The summed E-state index contributed by atoms with van der Waals surface area (Å²) in [5.41, 5.74) is 0.938. The molecule has 88 valence electrons. The van der Waals surface area contributed by atoms with Gasteiger partial charge in [0.2, 0.25) is 0 Å². The van der Waals surface area contributed by atoms with E-state index in [0.717, 1.165) is 5.39 Å². The van der Waals surface area contributed by atoms with Crippen molar-refractivity contribution in [3.05, 3.63) is 35.0 Å². The number of carbonyl (C=O) groups is 2. The summed E-state index contributed by atoms with van der Waals surface area (Å²) in [4.78, 5) is 25.9. The Hall–Kier alpha value is -1.81. The van der Waals surface area contributed by atoms with Crippen LogP contribution in [0.15, 0.2) is 24.4 Å². The zero-order valence-electron chi connectivity index (χ0n) is 9.12. The number of aromatic amines is 1. The molecule has 0 aliphatic heterocycles. The van der Waals surface area contributed by atoms with E-state index < -0.39 is 11.8 Å². The predicted molar refractivity (Wildman–Crippen MR) is 64.3 cm³/mol. The Kier molecular flexibility index (Phi) is 3.15. The van der Waals surface area contributed by atoms with Gasteiger partial charge in [0, 0.05) is 22.7 Å². The number of hydrogen-bond acceptors (Lipinski definition) is 3. The number of H-pyrrole nitrogens is 1. The zero-order chi connectivity index (χ0) is 12.4. The second kappa shape index (κ2) is 4.59. The number of halogens is 1. The number of fused-ring (bicyclic) bond motifs is 1. The fourth-order valence-corrected chi connectivity index (χ4v) is 1.85. The first-order valence-electron chi connectivity index (χ1n) is 5.11. The normalized spacial score (nSPS) is 10.5. The summed E-state index contributed by atoms with van der Waals surface area (Å²) in [6, 6.07) is 4.85. The van der Waals surface area contributed by atoms with Crippen LogP contribution in [0, 0.1) is 0 Å². The van der Waals surface area contributed by atoms with Gasteiger partial charge in [-0.1, -0.05) is 11.6 Å². The Balaban J connectivity index is 2.42. The number of carbonyl (C=O) groups excluding carboxylic acids is 2. The fourth-order valence-electron chi connectivity index (χ4n) is 1.57. The molecule has 17 heavy (non-hydrogen) atoms. The van der Waals surface area contributed by atoms with Gasteiger partial charge in [0.1, 0.15) is 0 Å². The van der Waals surface area contributed by atoms with E-state index in [0.29, 0.717) is 10.5 Å². The highest BCUT2D eigenvalue weighted by atomic mass is 35.5. The summed E-state index contributed by atoms with van der Waals surface area (Å²) in [6.07, 6.45) is 1.72. The van der Waals surface area contributed by atoms with Crippen LogP contribution in [0.1, 0.15) is 17.3 Å². The van der Waals surface area contributed by atoms with Gasteiger partial charge in [-0.15, -0.1) is 0 Å². The Morgan fingerprint density at radius 3 is 2.88 bits per heavy atom. The van der Waals surface area contributed by atoms with Crippen LogP contribution in [-0.2, 0) is 9.53 Å². The molecule has 5 heteroatoms. The average molecular weight is 252 g/mol. The lowest BCUT2D eigenvalue weighted by molar-refractivity contribution is -0.137. The minimum atomic E-state index is -0.866. The van der Waals surface area contributed by atoms with Gasteiger partial charge in [0.05, 0.1) is 11.6 Å². The molecule has 0 aliphatic carbocycles. The van der Waals surface area contributed by atoms with Gasteiger partial charge < -0.3 is 9.72 Å². The SMILES string of the molecule is CCOC(=O)C(=O)c1cc(Cl)c2cc[nH]c2c1. The molecule has 0 atom stereocenters. The molecule has 4 nitrogen and oxygen atoms in total. The lowest BCUT2D eigenvalue weighted by Gasteiger charge is -2.02. The number of Topliss-reactive ketones (excluding diaryl/α,β-unsaturated/α-hetero) is 1. The monoisotopic (exact) mass is 251 g/mol. The van der Waals surface area contributed by atoms with E-state index in [1.54, 1.807) is 25.3 Å². The number of ether oxygens (including phenoxy) is 1. The molecule has 1 aromatic heterocycles. The van der Waals surface area contributed by atoms with Crippen LogP contribution in [0.3, 0.4) is 0 Å². The maximum Gasteiger partial charge on any atom is 0.379 e. The molecular formula is C12H10ClNO3. The van der Waals surface area contributed by atoms with Gasteiger partial charge in [-0.3, -0.25) is 4.79 Å².